The van der Waals surface area contributed by atoms with Gasteiger partial charge in [0.05, 0.1) is 10.0 Å². The third-order valence-corrected chi connectivity index (χ3v) is 3.68. The number of hydrogen-bond donors (Lipinski definition) is 0. The van der Waals surface area contributed by atoms with Gasteiger partial charge in [-0.2, -0.15) is 0 Å². The van der Waals surface area contributed by atoms with E-state index < -0.39 is 0 Å². The van der Waals surface area contributed by atoms with Gasteiger partial charge in [0.15, 0.2) is 12.4 Å². The van der Waals surface area contributed by atoms with Gasteiger partial charge < -0.3 is 4.74 Å². The van der Waals surface area contributed by atoms with Crippen molar-refractivity contribution in [1.82, 2.24) is 0 Å². The smallest absolute Gasteiger partial charge is 0.200 e. The third-order valence-electron chi connectivity index (χ3n) is 2.94. The van der Waals surface area contributed by atoms with Crippen LogP contribution in [0.2, 0.25) is 10.0 Å². The lowest BCUT2D eigenvalue weighted by Crippen LogP contribution is -2.12. The molecule has 0 atom stereocenters. The maximum atomic E-state index is 12.1. The van der Waals surface area contributed by atoms with E-state index in [2.05, 4.69) is 6.58 Å². The summed E-state index contributed by atoms with van der Waals surface area (Å²) in [6.45, 7) is 3.66. The number of ether oxygens (including phenoxy) is 1. The first-order valence-corrected chi connectivity index (χ1v) is 7.17. The van der Waals surface area contributed by atoms with Crippen LogP contribution < -0.4 is 4.74 Å². The normalized spacial score (nSPS) is 10.2. The quantitative estimate of drug-likeness (QED) is 0.554. The van der Waals surface area contributed by atoms with Crippen LogP contribution in [0.1, 0.15) is 15.9 Å². The average Bonchev–Trinajstić information content (AvgIpc) is 2.49. The molecular formula is C17H14Cl2O2. The number of allylic oxidation sites excluding steroid dienone is 1. The van der Waals surface area contributed by atoms with Crippen LogP contribution in [0.5, 0.6) is 5.75 Å². The number of rotatable bonds is 6. The molecular weight excluding hydrogens is 307 g/mol. The zero-order chi connectivity index (χ0) is 15.2. The van der Waals surface area contributed by atoms with Crippen molar-refractivity contribution in [2.24, 2.45) is 0 Å². The highest BCUT2D eigenvalue weighted by molar-refractivity contribution is 6.42. The molecule has 2 rings (SSSR count). The number of hydrogen-bond acceptors (Lipinski definition) is 2. The van der Waals surface area contributed by atoms with E-state index in [4.69, 9.17) is 27.9 Å². The summed E-state index contributed by atoms with van der Waals surface area (Å²) in [7, 11) is 0. The van der Waals surface area contributed by atoms with Gasteiger partial charge in [0.2, 0.25) is 0 Å². The molecule has 0 amide bonds. The van der Waals surface area contributed by atoms with Gasteiger partial charge >= 0.3 is 0 Å². The monoisotopic (exact) mass is 320 g/mol. The molecule has 0 N–H and O–H groups in total. The summed E-state index contributed by atoms with van der Waals surface area (Å²) >= 11 is 11.7. The highest BCUT2D eigenvalue weighted by atomic mass is 35.5. The summed E-state index contributed by atoms with van der Waals surface area (Å²) in [6, 6.07) is 12.4. The molecule has 4 heteroatoms. The highest BCUT2D eigenvalue weighted by Crippen LogP contribution is 2.23. The van der Waals surface area contributed by atoms with Crippen molar-refractivity contribution < 1.29 is 9.53 Å². The molecule has 2 aromatic rings. The zero-order valence-corrected chi connectivity index (χ0v) is 12.8. The highest BCUT2D eigenvalue weighted by Gasteiger charge is 2.10. The van der Waals surface area contributed by atoms with Crippen LogP contribution in [0.25, 0.3) is 0 Å². The second kappa shape index (κ2) is 7.30. The second-order valence-electron chi connectivity index (χ2n) is 4.44. The predicted octanol–water partition coefficient (Wildman–Crippen LogP) is 4.98. The van der Waals surface area contributed by atoms with Crippen molar-refractivity contribution in [3.63, 3.8) is 0 Å². The number of benzene rings is 2. The number of para-hydroxylation sites is 1. The topological polar surface area (TPSA) is 26.3 Å². The summed E-state index contributed by atoms with van der Waals surface area (Å²) in [5.41, 5.74) is 1.47. The molecule has 108 valence electrons. The number of carbonyl (C=O) groups excluding carboxylic acids is 1. The van der Waals surface area contributed by atoms with Gasteiger partial charge in [-0.1, -0.05) is 47.5 Å². The van der Waals surface area contributed by atoms with Gasteiger partial charge in [-0.3, -0.25) is 4.79 Å². The third kappa shape index (κ3) is 4.10. The van der Waals surface area contributed by atoms with Crippen molar-refractivity contribution in [3.8, 4) is 5.75 Å². The summed E-state index contributed by atoms with van der Waals surface area (Å²) in [5, 5.41) is 0.778. The lowest BCUT2D eigenvalue weighted by atomic mass is 10.1. The molecule has 0 saturated carbocycles. The first-order valence-electron chi connectivity index (χ1n) is 6.41. The van der Waals surface area contributed by atoms with Crippen LogP contribution in [0.15, 0.2) is 55.1 Å². The molecule has 0 fully saturated rings. The van der Waals surface area contributed by atoms with Crippen molar-refractivity contribution in [2.45, 2.75) is 6.42 Å². The summed E-state index contributed by atoms with van der Waals surface area (Å²) in [5.74, 6) is 0.535. The maximum Gasteiger partial charge on any atom is 0.200 e. The number of ketones is 1. The first-order chi connectivity index (χ1) is 10.1. The number of Topliss-reactive ketones (excluding diaryl/α,β-unsaturated/α-hetero) is 1. The molecule has 0 aromatic heterocycles. The van der Waals surface area contributed by atoms with Gasteiger partial charge in [0.25, 0.3) is 0 Å². The van der Waals surface area contributed by atoms with Gasteiger partial charge in [-0.05, 0) is 36.2 Å². The van der Waals surface area contributed by atoms with E-state index in [0.29, 0.717) is 27.8 Å². The van der Waals surface area contributed by atoms with E-state index in [-0.39, 0.29) is 12.4 Å². The van der Waals surface area contributed by atoms with Crippen LogP contribution in [0.3, 0.4) is 0 Å². The minimum absolute atomic E-state index is 0.0495. The van der Waals surface area contributed by atoms with Crippen LogP contribution in [0.4, 0.5) is 0 Å². The van der Waals surface area contributed by atoms with E-state index >= 15 is 0 Å². The molecule has 0 aliphatic carbocycles. The molecule has 0 unspecified atom stereocenters. The average molecular weight is 321 g/mol. The molecule has 0 radical (unpaired) electrons. The van der Waals surface area contributed by atoms with Gasteiger partial charge in [0.1, 0.15) is 5.75 Å². The summed E-state index contributed by atoms with van der Waals surface area (Å²) in [6.07, 6.45) is 2.49. The van der Waals surface area contributed by atoms with E-state index in [1.165, 1.54) is 0 Å². The maximum absolute atomic E-state index is 12.1. The van der Waals surface area contributed by atoms with Crippen LogP contribution in [0, 0.1) is 0 Å². The fourth-order valence-corrected chi connectivity index (χ4v) is 2.16. The van der Waals surface area contributed by atoms with Gasteiger partial charge in [-0.25, -0.2) is 0 Å². The Balaban J connectivity index is 2.07. The Morgan fingerprint density at radius 3 is 2.62 bits per heavy atom. The van der Waals surface area contributed by atoms with Crippen molar-refractivity contribution in [2.75, 3.05) is 6.61 Å². The second-order valence-corrected chi connectivity index (χ2v) is 5.26. The minimum Gasteiger partial charge on any atom is -0.485 e. The van der Waals surface area contributed by atoms with Crippen LogP contribution in [-0.2, 0) is 6.42 Å². The van der Waals surface area contributed by atoms with Gasteiger partial charge in [0, 0.05) is 5.56 Å². The Labute approximate surface area is 134 Å². The molecule has 0 aliphatic rings. The number of halogens is 2. The molecule has 0 saturated heterocycles. The van der Waals surface area contributed by atoms with Crippen molar-refractivity contribution in [3.05, 3.63) is 76.3 Å². The van der Waals surface area contributed by atoms with Gasteiger partial charge in [-0.15, -0.1) is 6.58 Å². The molecule has 0 spiro atoms. The Morgan fingerprint density at radius 2 is 1.90 bits per heavy atom. The fraction of sp³-hybridized carbons (Fsp3) is 0.118. The van der Waals surface area contributed by atoms with Crippen LogP contribution in [-0.4, -0.2) is 12.4 Å². The van der Waals surface area contributed by atoms with E-state index in [0.717, 1.165) is 5.56 Å². The Kier molecular flexibility index (Phi) is 5.43. The lowest BCUT2D eigenvalue weighted by Gasteiger charge is -2.10. The first kappa shape index (κ1) is 15.6. The summed E-state index contributed by atoms with van der Waals surface area (Å²) < 4.78 is 5.60. The zero-order valence-electron chi connectivity index (χ0n) is 11.3. The van der Waals surface area contributed by atoms with E-state index in [9.17, 15) is 4.79 Å². The summed E-state index contributed by atoms with van der Waals surface area (Å²) in [4.78, 5) is 12.1. The Morgan fingerprint density at radius 1 is 1.14 bits per heavy atom. The molecule has 0 aliphatic heterocycles. The Hall–Kier alpha value is -1.77. The number of carbonyl (C=O) groups is 1. The lowest BCUT2D eigenvalue weighted by molar-refractivity contribution is 0.0921. The SMILES string of the molecule is C=CCc1ccccc1OCC(=O)c1ccc(Cl)c(Cl)c1. The molecule has 0 bridgehead atoms. The van der Waals surface area contributed by atoms with Crippen LogP contribution >= 0.6 is 23.2 Å². The largest absolute Gasteiger partial charge is 0.485 e. The molecule has 21 heavy (non-hydrogen) atoms. The van der Waals surface area contributed by atoms with E-state index in [1.54, 1.807) is 24.3 Å². The molecule has 2 nitrogen and oxygen atoms in total. The van der Waals surface area contributed by atoms with E-state index in [1.807, 2.05) is 24.3 Å². The molecule has 2 aromatic carbocycles. The predicted molar refractivity (Wildman–Crippen MR) is 86.6 cm³/mol. The fourth-order valence-electron chi connectivity index (χ4n) is 1.86. The minimum atomic E-state index is -0.151. The molecule has 0 heterocycles. The Bertz CT molecular complexity index is 666. The standard InChI is InChI=1S/C17H14Cl2O2/c1-2-5-12-6-3-4-7-17(12)21-11-16(20)13-8-9-14(18)15(19)10-13/h2-4,6-10H,1,5,11H2. The van der Waals surface area contributed by atoms with Crippen molar-refractivity contribution >= 4 is 29.0 Å². The van der Waals surface area contributed by atoms with Crippen molar-refractivity contribution in [1.29, 1.82) is 0 Å².